The molecule has 0 saturated heterocycles. The first-order valence-corrected chi connectivity index (χ1v) is 9.58. The Kier molecular flexibility index (Phi) is 5.17. The second kappa shape index (κ2) is 7.10. The third-order valence-corrected chi connectivity index (χ3v) is 5.64. The van der Waals surface area contributed by atoms with Crippen molar-refractivity contribution < 1.29 is 0 Å². The van der Waals surface area contributed by atoms with Gasteiger partial charge < -0.3 is 5.32 Å². The number of nitrogens with one attached hydrogen (secondary N) is 1. The molecular weight excluding hydrogens is 278 g/mol. The van der Waals surface area contributed by atoms with Crippen LogP contribution in [0.25, 0.3) is 0 Å². The molecule has 0 radical (unpaired) electrons. The number of thioether (sulfide) groups is 1. The second-order valence-corrected chi connectivity index (χ2v) is 7.60. The zero-order valence-corrected chi connectivity index (χ0v) is 14.1. The summed E-state index contributed by atoms with van der Waals surface area (Å²) in [6.07, 6.45) is 7.58. The van der Waals surface area contributed by atoms with Crippen LogP contribution >= 0.6 is 11.8 Å². The molecule has 21 heavy (non-hydrogen) atoms. The quantitative estimate of drug-likeness (QED) is 0.785. The van der Waals surface area contributed by atoms with Crippen LogP contribution in [0.3, 0.4) is 0 Å². The molecular formula is C17H27N3S. The van der Waals surface area contributed by atoms with E-state index in [1.165, 1.54) is 61.4 Å². The summed E-state index contributed by atoms with van der Waals surface area (Å²) in [4.78, 5) is 9.58. The van der Waals surface area contributed by atoms with Crippen LogP contribution < -0.4 is 5.32 Å². The molecule has 1 heterocycles. The zero-order chi connectivity index (χ0) is 14.7. The Labute approximate surface area is 132 Å². The van der Waals surface area contributed by atoms with E-state index in [-0.39, 0.29) is 0 Å². The molecule has 2 aliphatic rings. The first-order chi connectivity index (χ1) is 10.3. The van der Waals surface area contributed by atoms with E-state index in [0.717, 1.165) is 30.0 Å². The number of hydrogen-bond donors (Lipinski definition) is 1. The molecule has 1 fully saturated rings. The predicted molar refractivity (Wildman–Crippen MR) is 89.8 cm³/mol. The highest BCUT2D eigenvalue weighted by molar-refractivity contribution is 7.98. The maximum absolute atomic E-state index is 4.84. The normalized spacial score (nSPS) is 21.3. The highest BCUT2D eigenvalue weighted by Gasteiger charge is 2.26. The van der Waals surface area contributed by atoms with Crippen LogP contribution in [0.2, 0.25) is 0 Å². The van der Waals surface area contributed by atoms with Gasteiger partial charge in [0.1, 0.15) is 5.82 Å². The lowest BCUT2D eigenvalue weighted by atomic mass is 9.85. The SMILES string of the molecule is CCCSCc1nc(C)c2c(n1)CCC(CNC1CC1)C2. The molecule has 0 bridgehead atoms. The van der Waals surface area contributed by atoms with Gasteiger partial charge in [0.2, 0.25) is 0 Å². The van der Waals surface area contributed by atoms with Gasteiger partial charge in [-0.1, -0.05) is 6.92 Å². The van der Waals surface area contributed by atoms with Crippen molar-refractivity contribution in [3.8, 4) is 0 Å². The summed E-state index contributed by atoms with van der Waals surface area (Å²) in [6, 6.07) is 0.821. The van der Waals surface area contributed by atoms with Crippen LogP contribution in [-0.4, -0.2) is 28.3 Å². The van der Waals surface area contributed by atoms with Crippen molar-refractivity contribution in [2.24, 2.45) is 5.92 Å². The van der Waals surface area contributed by atoms with E-state index < -0.39 is 0 Å². The van der Waals surface area contributed by atoms with E-state index in [9.17, 15) is 0 Å². The number of rotatable bonds is 7. The fourth-order valence-electron chi connectivity index (χ4n) is 3.09. The molecule has 1 aromatic heterocycles. The van der Waals surface area contributed by atoms with Crippen molar-refractivity contribution in [1.29, 1.82) is 0 Å². The summed E-state index contributed by atoms with van der Waals surface area (Å²) in [5.41, 5.74) is 3.99. The first-order valence-electron chi connectivity index (χ1n) is 8.42. The van der Waals surface area contributed by atoms with Crippen LogP contribution in [0.4, 0.5) is 0 Å². The van der Waals surface area contributed by atoms with Crippen LogP contribution in [-0.2, 0) is 18.6 Å². The fraction of sp³-hybridized carbons (Fsp3) is 0.765. The van der Waals surface area contributed by atoms with Crippen molar-refractivity contribution in [2.45, 2.75) is 64.2 Å². The molecule has 4 heteroatoms. The monoisotopic (exact) mass is 305 g/mol. The lowest BCUT2D eigenvalue weighted by Gasteiger charge is -2.25. The topological polar surface area (TPSA) is 37.8 Å². The van der Waals surface area contributed by atoms with Crippen LogP contribution in [0, 0.1) is 12.8 Å². The summed E-state index contributed by atoms with van der Waals surface area (Å²) in [6.45, 7) is 5.57. The minimum atomic E-state index is 0.778. The van der Waals surface area contributed by atoms with Gasteiger partial charge in [-0.15, -0.1) is 0 Å². The average molecular weight is 305 g/mol. The van der Waals surface area contributed by atoms with Crippen molar-refractivity contribution in [2.75, 3.05) is 12.3 Å². The largest absolute Gasteiger partial charge is 0.314 e. The van der Waals surface area contributed by atoms with Gasteiger partial charge in [0.25, 0.3) is 0 Å². The fourth-order valence-corrected chi connectivity index (χ4v) is 3.83. The van der Waals surface area contributed by atoms with Gasteiger partial charge >= 0.3 is 0 Å². The predicted octanol–water partition coefficient (Wildman–Crippen LogP) is 3.29. The Morgan fingerprint density at radius 1 is 1.24 bits per heavy atom. The number of fused-ring (bicyclic) bond motifs is 1. The molecule has 1 saturated carbocycles. The van der Waals surface area contributed by atoms with E-state index in [0.29, 0.717) is 0 Å². The Morgan fingerprint density at radius 2 is 2.10 bits per heavy atom. The van der Waals surface area contributed by atoms with Crippen LogP contribution in [0.1, 0.15) is 55.4 Å². The van der Waals surface area contributed by atoms with Crippen LogP contribution in [0.5, 0.6) is 0 Å². The summed E-state index contributed by atoms with van der Waals surface area (Å²) in [5, 5.41) is 3.68. The summed E-state index contributed by atoms with van der Waals surface area (Å²) in [7, 11) is 0. The molecule has 1 aromatic rings. The molecule has 1 unspecified atom stereocenters. The number of hydrogen-bond acceptors (Lipinski definition) is 4. The number of aryl methyl sites for hydroxylation is 2. The summed E-state index contributed by atoms with van der Waals surface area (Å²) < 4.78 is 0. The maximum atomic E-state index is 4.84. The minimum Gasteiger partial charge on any atom is -0.314 e. The maximum Gasteiger partial charge on any atom is 0.138 e. The first kappa shape index (κ1) is 15.3. The Bertz CT molecular complexity index is 485. The van der Waals surface area contributed by atoms with Gasteiger partial charge in [-0.2, -0.15) is 11.8 Å². The molecule has 3 rings (SSSR count). The average Bonchev–Trinajstić information content (AvgIpc) is 3.30. The third kappa shape index (κ3) is 4.19. The lowest BCUT2D eigenvalue weighted by molar-refractivity contribution is 0.416. The molecule has 116 valence electrons. The lowest BCUT2D eigenvalue weighted by Crippen LogP contribution is -2.29. The van der Waals surface area contributed by atoms with E-state index in [4.69, 9.17) is 9.97 Å². The standard InChI is InChI=1S/C17H27N3S/c1-3-8-21-11-17-19-12(2)15-9-13(4-7-16(15)20-17)10-18-14-5-6-14/h13-14,18H,3-11H2,1-2H3. The highest BCUT2D eigenvalue weighted by atomic mass is 32.2. The smallest absolute Gasteiger partial charge is 0.138 e. The van der Waals surface area contributed by atoms with Crippen molar-refractivity contribution in [3.05, 3.63) is 22.8 Å². The molecule has 3 nitrogen and oxygen atoms in total. The molecule has 1 N–H and O–H groups in total. The van der Waals surface area contributed by atoms with E-state index in [1.807, 2.05) is 11.8 Å². The van der Waals surface area contributed by atoms with E-state index >= 15 is 0 Å². The van der Waals surface area contributed by atoms with Crippen molar-refractivity contribution >= 4 is 11.8 Å². The van der Waals surface area contributed by atoms with Gasteiger partial charge in [-0.25, -0.2) is 9.97 Å². The molecule has 2 aliphatic carbocycles. The van der Waals surface area contributed by atoms with Gasteiger partial charge in [0.15, 0.2) is 0 Å². The Balaban J connectivity index is 1.61. The van der Waals surface area contributed by atoms with E-state index in [2.05, 4.69) is 19.2 Å². The molecule has 0 aromatic carbocycles. The second-order valence-electron chi connectivity index (χ2n) is 6.49. The summed E-state index contributed by atoms with van der Waals surface area (Å²) >= 11 is 1.95. The number of aromatic nitrogens is 2. The van der Waals surface area contributed by atoms with Gasteiger partial charge in [-0.05, 0) is 69.2 Å². The Morgan fingerprint density at radius 3 is 2.86 bits per heavy atom. The van der Waals surface area contributed by atoms with Crippen molar-refractivity contribution in [1.82, 2.24) is 15.3 Å². The molecule has 0 spiro atoms. The van der Waals surface area contributed by atoms with Crippen LogP contribution in [0.15, 0.2) is 0 Å². The summed E-state index contributed by atoms with van der Waals surface area (Å²) in [5.74, 6) is 3.99. The Hall–Kier alpha value is -0.610. The minimum absolute atomic E-state index is 0.778. The third-order valence-electron chi connectivity index (χ3n) is 4.48. The van der Waals surface area contributed by atoms with Crippen molar-refractivity contribution in [3.63, 3.8) is 0 Å². The van der Waals surface area contributed by atoms with E-state index in [1.54, 1.807) is 0 Å². The van der Waals surface area contributed by atoms with Gasteiger partial charge in [0.05, 0.1) is 5.75 Å². The zero-order valence-electron chi connectivity index (χ0n) is 13.3. The molecule has 0 aliphatic heterocycles. The highest BCUT2D eigenvalue weighted by Crippen LogP contribution is 2.27. The number of nitrogens with zero attached hydrogens (tertiary/aromatic N) is 2. The molecule has 1 atom stereocenters. The van der Waals surface area contributed by atoms with Gasteiger partial charge in [-0.3, -0.25) is 0 Å². The molecule has 0 amide bonds. The van der Waals surface area contributed by atoms with Gasteiger partial charge in [0, 0.05) is 17.4 Å².